The van der Waals surface area contributed by atoms with Crippen LogP contribution in [0.15, 0.2) is 53.4 Å². The molecule has 1 N–H and O–H groups in total. The van der Waals surface area contributed by atoms with Crippen molar-refractivity contribution in [1.82, 2.24) is 4.98 Å². The first-order valence-corrected chi connectivity index (χ1v) is 12.9. The summed E-state index contributed by atoms with van der Waals surface area (Å²) in [4.78, 5) is 18.6. The van der Waals surface area contributed by atoms with Crippen molar-refractivity contribution in [2.24, 2.45) is 0 Å². The van der Waals surface area contributed by atoms with E-state index in [-0.39, 0.29) is 6.29 Å². The first-order chi connectivity index (χ1) is 16.9. The van der Waals surface area contributed by atoms with Crippen LogP contribution in [0, 0.1) is 6.92 Å². The fraction of sp³-hybridized carbons (Fsp3) is 0.357. The van der Waals surface area contributed by atoms with Gasteiger partial charge in [-0.3, -0.25) is 0 Å². The van der Waals surface area contributed by atoms with Gasteiger partial charge in [-0.15, -0.1) is 11.3 Å². The van der Waals surface area contributed by atoms with E-state index in [0.717, 1.165) is 51.7 Å². The van der Waals surface area contributed by atoms with Gasteiger partial charge < -0.3 is 19.5 Å². The zero-order valence-electron chi connectivity index (χ0n) is 20.5. The first-order valence-electron chi connectivity index (χ1n) is 12.1. The van der Waals surface area contributed by atoms with E-state index in [9.17, 15) is 9.90 Å². The Morgan fingerprint density at radius 2 is 1.97 bits per heavy atom. The Bertz CT molecular complexity index is 1190. The largest absolute Gasteiger partial charge is 0.478 e. The number of nitrogens with zero attached hydrogens (tertiary/aromatic N) is 2. The third-order valence-corrected chi connectivity index (χ3v) is 6.81. The van der Waals surface area contributed by atoms with E-state index >= 15 is 0 Å². The molecule has 35 heavy (non-hydrogen) atoms. The predicted octanol–water partition coefficient (Wildman–Crippen LogP) is 6.54. The van der Waals surface area contributed by atoms with Crippen LogP contribution in [0.25, 0.3) is 17.2 Å². The number of carboxylic acid groups (broad SMARTS) is 1. The fourth-order valence-corrected chi connectivity index (χ4v) is 4.73. The van der Waals surface area contributed by atoms with Crippen LogP contribution in [0.4, 0.5) is 5.69 Å². The van der Waals surface area contributed by atoms with Gasteiger partial charge in [0.25, 0.3) is 0 Å². The highest BCUT2D eigenvalue weighted by atomic mass is 32.1. The number of aliphatic carboxylic acids is 1. The van der Waals surface area contributed by atoms with E-state index in [1.807, 2.05) is 38.1 Å². The van der Waals surface area contributed by atoms with Crippen molar-refractivity contribution in [2.75, 3.05) is 18.1 Å². The van der Waals surface area contributed by atoms with E-state index in [1.54, 1.807) is 17.4 Å². The Hall–Kier alpha value is -3.16. The number of benzene rings is 2. The highest BCUT2D eigenvalue weighted by Crippen LogP contribution is 2.34. The number of anilines is 1. The smallest absolute Gasteiger partial charge is 0.331 e. The molecule has 0 radical (unpaired) electrons. The standard InChI is InChI=1S/C28H32N2O4S/c1-4-5-14-33-20(3)34-26-9-6-21(7-10-26)22-8-11-27-24(15-22)16-23(28(31)32)12-13-30(27)17-25-18-35-19(2)29-25/h6-11,15-16,18,20H,4-5,12-14,17H2,1-3H3,(H,31,32). The molecule has 4 rings (SSSR count). The van der Waals surface area contributed by atoms with E-state index in [4.69, 9.17) is 9.47 Å². The number of ether oxygens (including phenoxy) is 2. The van der Waals surface area contributed by atoms with Crippen molar-refractivity contribution in [3.8, 4) is 16.9 Å². The molecule has 0 fully saturated rings. The number of fused-ring (bicyclic) bond motifs is 1. The third kappa shape index (κ3) is 6.50. The molecular formula is C28H32N2O4S. The number of hydrogen-bond donors (Lipinski definition) is 1. The van der Waals surface area contributed by atoms with Crippen LogP contribution in [0.1, 0.15) is 49.4 Å². The molecule has 7 heteroatoms. The molecule has 1 aromatic heterocycles. The molecular weight excluding hydrogens is 460 g/mol. The molecule has 0 spiro atoms. The van der Waals surface area contributed by atoms with Crippen molar-refractivity contribution in [3.63, 3.8) is 0 Å². The zero-order valence-corrected chi connectivity index (χ0v) is 21.3. The van der Waals surface area contributed by atoms with Crippen LogP contribution in [0.3, 0.4) is 0 Å². The second kappa shape index (κ2) is 11.5. The van der Waals surface area contributed by atoms with Crippen molar-refractivity contribution >= 4 is 29.1 Å². The summed E-state index contributed by atoms with van der Waals surface area (Å²) in [6, 6.07) is 14.2. The van der Waals surface area contributed by atoms with Crippen molar-refractivity contribution < 1.29 is 19.4 Å². The normalized spacial score (nSPS) is 14.1. The lowest BCUT2D eigenvalue weighted by Crippen LogP contribution is -2.24. The number of unbranched alkanes of at least 4 members (excludes halogenated alkanes) is 1. The van der Waals surface area contributed by atoms with Gasteiger partial charge >= 0.3 is 5.97 Å². The molecule has 0 saturated heterocycles. The first kappa shape index (κ1) is 24.9. The molecule has 0 bridgehead atoms. The quantitative estimate of drug-likeness (QED) is 0.256. The summed E-state index contributed by atoms with van der Waals surface area (Å²) in [7, 11) is 0. The Kier molecular flexibility index (Phi) is 8.21. The molecule has 2 aromatic carbocycles. The molecule has 1 aliphatic heterocycles. The number of aromatic nitrogens is 1. The van der Waals surface area contributed by atoms with Gasteiger partial charge in [-0.25, -0.2) is 9.78 Å². The third-order valence-electron chi connectivity index (χ3n) is 5.98. The molecule has 6 nitrogen and oxygen atoms in total. The summed E-state index contributed by atoms with van der Waals surface area (Å²) >= 11 is 1.63. The maximum atomic E-state index is 11.8. The zero-order chi connectivity index (χ0) is 24.8. The van der Waals surface area contributed by atoms with Crippen LogP contribution >= 0.6 is 11.3 Å². The average molecular weight is 493 g/mol. The van der Waals surface area contributed by atoms with Crippen LogP contribution in [-0.4, -0.2) is 35.5 Å². The van der Waals surface area contributed by atoms with Gasteiger partial charge in [0, 0.05) is 23.2 Å². The Morgan fingerprint density at radius 3 is 2.66 bits per heavy atom. The van der Waals surface area contributed by atoms with Crippen LogP contribution in [0.5, 0.6) is 5.75 Å². The lowest BCUT2D eigenvalue weighted by molar-refractivity contribution is -0.132. The number of aryl methyl sites for hydroxylation is 1. The number of carboxylic acids is 1. The lowest BCUT2D eigenvalue weighted by atomic mass is 10.00. The molecule has 184 valence electrons. The number of carbonyl (C=O) groups is 1. The molecule has 3 aromatic rings. The van der Waals surface area contributed by atoms with Crippen LogP contribution < -0.4 is 9.64 Å². The van der Waals surface area contributed by atoms with Gasteiger partial charge in [0.1, 0.15) is 5.75 Å². The highest BCUT2D eigenvalue weighted by Gasteiger charge is 2.20. The topological polar surface area (TPSA) is 71.9 Å². The average Bonchev–Trinajstić information content (AvgIpc) is 3.16. The Labute approximate surface area is 210 Å². The summed E-state index contributed by atoms with van der Waals surface area (Å²) in [5.41, 5.74) is 5.41. The summed E-state index contributed by atoms with van der Waals surface area (Å²) in [5.74, 6) is -0.116. The van der Waals surface area contributed by atoms with Gasteiger partial charge in [-0.05, 0) is 73.7 Å². The summed E-state index contributed by atoms with van der Waals surface area (Å²) < 4.78 is 11.5. The van der Waals surface area contributed by atoms with Crippen LogP contribution in [0.2, 0.25) is 0 Å². The predicted molar refractivity (Wildman–Crippen MR) is 141 cm³/mol. The Balaban J connectivity index is 1.56. The molecule has 1 unspecified atom stereocenters. The van der Waals surface area contributed by atoms with E-state index in [0.29, 0.717) is 31.7 Å². The molecule has 0 aliphatic carbocycles. The van der Waals surface area contributed by atoms with Gasteiger partial charge in [0.15, 0.2) is 6.29 Å². The van der Waals surface area contributed by atoms with Crippen molar-refractivity contribution in [1.29, 1.82) is 0 Å². The summed E-state index contributed by atoms with van der Waals surface area (Å²) in [6.45, 7) is 8.01. The summed E-state index contributed by atoms with van der Waals surface area (Å²) in [5, 5.41) is 12.8. The molecule has 0 saturated carbocycles. The molecule has 0 amide bonds. The van der Waals surface area contributed by atoms with Crippen molar-refractivity contribution in [2.45, 2.75) is 52.9 Å². The van der Waals surface area contributed by atoms with Gasteiger partial charge in [0.2, 0.25) is 0 Å². The molecule has 1 aliphatic rings. The fourth-order valence-electron chi connectivity index (χ4n) is 4.13. The molecule has 2 heterocycles. The lowest BCUT2D eigenvalue weighted by Gasteiger charge is -2.24. The monoisotopic (exact) mass is 492 g/mol. The van der Waals surface area contributed by atoms with Gasteiger partial charge in [-0.1, -0.05) is 31.5 Å². The van der Waals surface area contributed by atoms with E-state index < -0.39 is 5.97 Å². The maximum absolute atomic E-state index is 11.8. The maximum Gasteiger partial charge on any atom is 0.331 e. The van der Waals surface area contributed by atoms with Crippen LogP contribution in [-0.2, 0) is 16.1 Å². The highest BCUT2D eigenvalue weighted by molar-refractivity contribution is 7.09. The Morgan fingerprint density at radius 1 is 1.20 bits per heavy atom. The van der Waals surface area contributed by atoms with Gasteiger partial charge in [-0.2, -0.15) is 0 Å². The number of hydrogen-bond acceptors (Lipinski definition) is 6. The second-order valence-corrected chi connectivity index (χ2v) is 9.77. The second-order valence-electron chi connectivity index (χ2n) is 8.71. The minimum Gasteiger partial charge on any atom is -0.478 e. The van der Waals surface area contributed by atoms with E-state index in [2.05, 4.69) is 40.4 Å². The van der Waals surface area contributed by atoms with Gasteiger partial charge in [0.05, 0.1) is 23.9 Å². The summed E-state index contributed by atoms with van der Waals surface area (Å²) in [6.07, 6.45) is 4.09. The minimum atomic E-state index is -0.871. The SMILES string of the molecule is CCCCOC(C)Oc1ccc(-c2ccc3c(c2)C=C(C(=O)O)CCN3Cc2csc(C)n2)cc1. The number of thiazole rings is 1. The minimum absolute atomic E-state index is 0.299. The van der Waals surface area contributed by atoms with Crippen molar-refractivity contribution in [3.05, 3.63) is 69.7 Å². The van der Waals surface area contributed by atoms with E-state index in [1.165, 1.54) is 0 Å². The molecule has 1 atom stereocenters. The number of rotatable bonds is 10.